The van der Waals surface area contributed by atoms with Gasteiger partial charge in [-0.2, -0.15) is 0 Å². The number of furan rings is 1. The van der Waals surface area contributed by atoms with Crippen LogP contribution in [0.15, 0.2) is 34.7 Å². The molecule has 1 atom stereocenters. The lowest BCUT2D eigenvalue weighted by molar-refractivity contribution is -0.402. The Bertz CT molecular complexity index is 627. The standard InChI is InChI=1S/C13H13ClN2O4/c1-15-13(11-5-6-12(20-11)16(17)18)9-4-3-8(19-2)7-10(9)14/h3-7,13,15H,1-2H3. The summed E-state index contributed by atoms with van der Waals surface area (Å²) < 4.78 is 10.3. The minimum Gasteiger partial charge on any atom is -0.497 e. The van der Waals surface area contributed by atoms with E-state index in [4.69, 9.17) is 20.8 Å². The van der Waals surface area contributed by atoms with E-state index in [1.807, 2.05) is 0 Å². The number of hydrogen-bond acceptors (Lipinski definition) is 5. The third-order valence-electron chi connectivity index (χ3n) is 2.88. The molecule has 1 N–H and O–H groups in total. The maximum absolute atomic E-state index is 10.7. The minimum atomic E-state index is -0.578. The van der Waals surface area contributed by atoms with Crippen molar-refractivity contribution < 1.29 is 14.1 Å². The van der Waals surface area contributed by atoms with Crippen LogP contribution in [-0.2, 0) is 0 Å². The molecule has 0 bridgehead atoms. The molecule has 0 aliphatic heterocycles. The summed E-state index contributed by atoms with van der Waals surface area (Å²) >= 11 is 6.21. The van der Waals surface area contributed by atoms with Crippen molar-refractivity contribution in [1.82, 2.24) is 5.32 Å². The zero-order chi connectivity index (χ0) is 14.7. The summed E-state index contributed by atoms with van der Waals surface area (Å²) in [6, 6.07) is 7.73. The number of nitro groups is 1. The molecule has 2 aromatic rings. The highest BCUT2D eigenvalue weighted by Crippen LogP contribution is 2.32. The van der Waals surface area contributed by atoms with Crippen molar-refractivity contribution in [2.75, 3.05) is 14.2 Å². The molecule has 0 aliphatic rings. The van der Waals surface area contributed by atoms with Gasteiger partial charge in [0, 0.05) is 5.02 Å². The number of ether oxygens (including phenoxy) is 1. The Hall–Kier alpha value is -2.05. The largest absolute Gasteiger partial charge is 0.497 e. The molecular weight excluding hydrogens is 284 g/mol. The van der Waals surface area contributed by atoms with Crippen molar-refractivity contribution in [3.05, 3.63) is 56.8 Å². The topological polar surface area (TPSA) is 77.5 Å². The van der Waals surface area contributed by atoms with E-state index in [0.717, 1.165) is 5.56 Å². The molecule has 1 heterocycles. The summed E-state index contributed by atoms with van der Waals surface area (Å²) in [7, 11) is 3.27. The van der Waals surface area contributed by atoms with Crippen LogP contribution in [-0.4, -0.2) is 19.1 Å². The van der Waals surface area contributed by atoms with Crippen molar-refractivity contribution in [1.29, 1.82) is 0 Å². The molecular formula is C13H13ClN2O4. The number of benzene rings is 1. The molecule has 0 saturated heterocycles. The van der Waals surface area contributed by atoms with E-state index in [2.05, 4.69) is 5.32 Å². The Morgan fingerprint density at radius 1 is 1.40 bits per heavy atom. The number of rotatable bonds is 5. The van der Waals surface area contributed by atoms with Crippen molar-refractivity contribution in [3.63, 3.8) is 0 Å². The molecule has 0 fully saturated rings. The third-order valence-corrected chi connectivity index (χ3v) is 3.21. The molecule has 2 rings (SSSR count). The second-order valence-electron chi connectivity index (χ2n) is 4.04. The van der Waals surface area contributed by atoms with Crippen LogP contribution < -0.4 is 10.1 Å². The van der Waals surface area contributed by atoms with Gasteiger partial charge >= 0.3 is 5.88 Å². The summed E-state index contributed by atoms with van der Waals surface area (Å²) in [5, 5.41) is 14.2. The number of nitrogens with one attached hydrogen (secondary N) is 1. The van der Waals surface area contributed by atoms with Crippen LogP contribution in [0.5, 0.6) is 5.75 Å². The third kappa shape index (κ3) is 2.76. The van der Waals surface area contributed by atoms with E-state index in [1.54, 1.807) is 38.4 Å². The van der Waals surface area contributed by atoms with Gasteiger partial charge in [-0.3, -0.25) is 10.1 Å². The van der Waals surface area contributed by atoms with Gasteiger partial charge in [0.15, 0.2) is 0 Å². The molecule has 0 spiro atoms. The summed E-state index contributed by atoms with van der Waals surface area (Å²) in [6.45, 7) is 0. The van der Waals surface area contributed by atoms with Crippen LogP contribution in [0.4, 0.5) is 5.88 Å². The summed E-state index contributed by atoms with van der Waals surface area (Å²) in [6.07, 6.45) is 0. The van der Waals surface area contributed by atoms with Gasteiger partial charge in [-0.15, -0.1) is 0 Å². The van der Waals surface area contributed by atoms with Crippen molar-refractivity contribution >= 4 is 17.5 Å². The number of hydrogen-bond donors (Lipinski definition) is 1. The van der Waals surface area contributed by atoms with E-state index >= 15 is 0 Å². The zero-order valence-corrected chi connectivity index (χ0v) is 11.7. The first-order chi connectivity index (χ1) is 9.56. The zero-order valence-electron chi connectivity index (χ0n) is 10.9. The Kier molecular flexibility index (Phi) is 4.26. The van der Waals surface area contributed by atoms with Crippen molar-refractivity contribution in [2.24, 2.45) is 0 Å². The van der Waals surface area contributed by atoms with E-state index in [9.17, 15) is 10.1 Å². The van der Waals surface area contributed by atoms with Gasteiger partial charge in [0.25, 0.3) is 0 Å². The molecule has 6 nitrogen and oxygen atoms in total. The van der Waals surface area contributed by atoms with Gasteiger partial charge < -0.3 is 14.5 Å². The van der Waals surface area contributed by atoms with Gasteiger partial charge in [-0.25, -0.2) is 0 Å². The monoisotopic (exact) mass is 296 g/mol. The van der Waals surface area contributed by atoms with Crippen LogP contribution in [0.1, 0.15) is 17.4 Å². The molecule has 7 heteroatoms. The van der Waals surface area contributed by atoms with E-state index in [1.165, 1.54) is 6.07 Å². The number of halogens is 1. The lowest BCUT2D eigenvalue weighted by atomic mass is 10.0. The minimum absolute atomic E-state index is 0.301. The highest BCUT2D eigenvalue weighted by atomic mass is 35.5. The van der Waals surface area contributed by atoms with Gasteiger partial charge in [0.2, 0.25) is 0 Å². The number of nitrogens with zero attached hydrogens (tertiary/aromatic N) is 1. The smallest absolute Gasteiger partial charge is 0.433 e. The quantitative estimate of drug-likeness (QED) is 0.677. The molecule has 1 aromatic heterocycles. The molecule has 1 unspecified atom stereocenters. The SMILES string of the molecule is CNC(c1ccc([N+](=O)[O-])o1)c1ccc(OC)cc1Cl. The Morgan fingerprint density at radius 2 is 2.15 bits per heavy atom. The summed E-state index contributed by atoms with van der Waals surface area (Å²) in [5.41, 5.74) is 0.749. The fourth-order valence-corrected chi connectivity index (χ4v) is 2.20. The number of methoxy groups -OCH3 is 1. The fourth-order valence-electron chi connectivity index (χ4n) is 1.92. The van der Waals surface area contributed by atoms with Gasteiger partial charge in [-0.1, -0.05) is 17.7 Å². The molecule has 0 radical (unpaired) electrons. The lowest BCUT2D eigenvalue weighted by Gasteiger charge is -2.16. The second kappa shape index (κ2) is 5.94. The first-order valence-corrected chi connectivity index (χ1v) is 6.19. The lowest BCUT2D eigenvalue weighted by Crippen LogP contribution is -2.17. The Balaban J connectivity index is 2.38. The molecule has 0 aliphatic carbocycles. The molecule has 20 heavy (non-hydrogen) atoms. The van der Waals surface area contributed by atoms with Crippen LogP contribution in [0, 0.1) is 10.1 Å². The van der Waals surface area contributed by atoms with Gasteiger partial charge in [0.05, 0.1) is 19.2 Å². The predicted molar refractivity (Wildman–Crippen MR) is 74.3 cm³/mol. The molecule has 0 amide bonds. The van der Waals surface area contributed by atoms with E-state index in [-0.39, 0.29) is 11.9 Å². The average Bonchev–Trinajstić information content (AvgIpc) is 2.91. The predicted octanol–water partition coefficient (Wildman–Crippen LogP) is 3.16. The fraction of sp³-hybridized carbons (Fsp3) is 0.231. The Labute approximate surface area is 120 Å². The van der Waals surface area contributed by atoms with Gasteiger partial charge in [-0.05, 0) is 30.8 Å². The first-order valence-electron chi connectivity index (χ1n) is 5.81. The van der Waals surface area contributed by atoms with Crippen LogP contribution in [0.2, 0.25) is 5.02 Å². The molecule has 1 aromatic carbocycles. The maximum Gasteiger partial charge on any atom is 0.433 e. The average molecular weight is 297 g/mol. The normalized spacial score (nSPS) is 12.2. The van der Waals surface area contributed by atoms with Crippen LogP contribution in [0.25, 0.3) is 0 Å². The Morgan fingerprint density at radius 3 is 2.65 bits per heavy atom. The molecule has 106 valence electrons. The van der Waals surface area contributed by atoms with Crippen LogP contribution >= 0.6 is 11.6 Å². The van der Waals surface area contributed by atoms with Gasteiger partial charge in [0.1, 0.15) is 16.4 Å². The van der Waals surface area contributed by atoms with E-state index in [0.29, 0.717) is 16.5 Å². The maximum atomic E-state index is 10.7. The van der Waals surface area contributed by atoms with E-state index < -0.39 is 4.92 Å². The van der Waals surface area contributed by atoms with Crippen molar-refractivity contribution in [3.8, 4) is 5.75 Å². The highest BCUT2D eigenvalue weighted by Gasteiger charge is 2.22. The summed E-state index contributed by atoms with van der Waals surface area (Å²) in [4.78, 5) is 10.1. The van der Waals surface area contributed by atoms with Crippen LogP contribution in [0.3, 0.4) is 0 Å². The first kappa shape index (κ1) is 14.4. The second-order valence-corrected chi connectivity index (χ2v) is 4.45. The highest BCUT2D eigenvalue weighted by molar-refractivity contribution is 6.31. The summed E-state index contributed by atoms with van der Waals surface area (Å²) in [5.74, 6) is 0.759. The van der Waals surface area contributed by atoms with Crippen molar-refractivity contribution in [2.45, 2.75) is 6.04 Å². The molecule has 0 saturated carbocycles.